The van der Waals surface area contributed by atoms with Gasteiger partial charge in [-0.2, -0.15) is 4.31 Å². The van der Waals surface area contributed by atoms with Crippen LogP contribution in [-0.2, 0) is 27.7 Å². The Morgan fingerprint density at radius 3 is 2.54 bits per heavy atom. The van der Waals surface area contributed by atoms with Gasteiger partial charge in [-0.3, -0.25) is 4.79 Å². The van der Waals surface area contributed by atoms with E-state index in [-0.39, 0.29) is 29.9 Å². The molecule has 0 saturated carbocycles. The van der Waals surface area contributed by atoms with Crippen molar-refractivity contribution >= 4 is 15.9 Å². The lowest BCUT2D eigenvalue weighted by molar-refractivity contribution is -0.122. The molecule has 0 aromatic heterocycles. The Morgan fingerprint density at radius 2 is 1.80 bits per heavy atom. The first-order chi connectivity index (χ1) is 16.9. The number of nitrogens with one attached hydrogen (secondary N) is 1. The molecule has 1 aliphatic carbocycles. The van der Waals surface area contributed by atoms with Crippen LogP contribution in [0.15, 0.2) is 77.7 Å². The second-order valence-corrected chi connectivity index (χ2v) is 10.9. The van der Waals surface area contributed by atoms with E-state index in [1.54, 1.807) is 26.2 Å². The monoisotopic (exact) mass is 492 g/mol. The zero-order valence-electron chi connectivity index (χ0n) is 20.2. The van der Waals surface area contributed by atoms with Gasteiger partial charge in [-0.05, 0) is 73.1 Å². The van der Waals surface area contributed by atoms with E-state index >= 15 is 0 Å². The van der Waals surface area contributed by atoms with Gasteiger partial charge in [0, 0.05) is 6.54 Å². The van der Waals surface area contributed by atoms with E-state index in [4.69, 9.17) is 4.74 Å². The predicted molar refractivity (Wildman–Crippen MR) is 137 cm³/mol. The van der Waals surface area contributed by atoms with Gasteiger partial charge in [0.2, 0.25) is 15.9 Å². The molecule has 0 heterocycles. The number of hydrogen-bond donors (Lipinski definition) is 1. The first kappa shape index (κ1) is 24.9. The number of benzene rings is 3. The number of methoxy groups -OCH3 is 1. The van der Waals surface area contributed by atoms with Crippen LogP contribution in [-0.4, -0.2) is 38.8 Å². The summed E-state index contributed by atoms with van der Waals surface area (Å²) in [6.45, 7) is 1.77. The minimum atomic E-state index is -3.90. The van der Waals surface area contributed by atoms with Crippen LogP contribution < -0.4 is 10.1 Å². The summed E-state index contributed by atoms with van der Waals surface area (Å²) in [5.41, 5.74) is 4.10. The number of fused-ring (bicyclic) bond motifs is 1. The SMILES string of the molecule is COc1ccc(S(=O)(=O)N(CCc2ccccc2)CC(=O)N[C@H]2CCCc3ccccc32)cc1C. The van der Waals surface area contributed by atoms with Gasteiger partial charge in [0.05, 0.1) is 24.6 Å². The first-order valence-electron chi connectivity index (χ1n) is 11.9. The summed E-state index contributed by atoms with van der Waals surface area (Å²) >= 11 is 0. The highest BCUT2D eigenvalue weighted by Crippen LogP contribution is 2.29. The molecule has 35 heavy (non-hydrogen) atoms. The Labute approximate surface area is 208 Å². The third-order valence-corrected chi connectivity index (χ3v) is 8.36. The van der Waals surface area contributed by atoms with Crippen LogP contribution in [0.1, 0.15) is 41.1 Å². The molecule has 0 unspecified atom stereocenters. The third-order valence-electron chi connectivity index (χ3n) is 6.52. The summed E-state index contributed by atoms with van der Waals surface area (Å²) in [5.74, 6) is 0.321. The summed E-state index contributed by atoms with van der Waals surface area (Å²) in [5, 5.41) is 3.09. The van der Waals surface area contributed by atoms with Gasteiger partial charge in [0.1, 0.15) is 5.75 Å². The molecule has 6 nitrogen and oxygen atoms in total. The fourth-order valence-electron chi connectivity index (χ4n) is 4.65. The quantitative estimate of drug-likeness (QED) is 0.480. The van der Waals surface area contributed by atoms with E-state index in [0.29, 0.717) is 12.2 Å². The molecule has 0 spiro atoms. The number of rotatable bonds is 9. The fraction of sp³-hybridized carbons (Fsp3) is 0.321. The van der Waals surface area contributed by atoms with E-state index in [1.807, 2.05) is 48.5 Å². The Bertz CT molecular complexity index is 1280. The molecule has 7 heteroatoms. The molecular formula is C28H32N2O4S. The highest BCUT2D eigenvalue weighted by Gasteiger charge is 2.29. The Balaban J connectivity index is 1.55. The number of nitrogens with zero attached hydrogens (tertiary/aromatic N) is 1. The Hall–Kier alpha value is -3.16. The average molecular weight is 493 g/mol. The maximum atomic E-state index is 13.6. The third kappa shape index (κ3) is 5.92. The van der Waals surface area contributed by atoms with E-state index in [2.05, 4.69) is 11.4 Å². The van der Waals surface area contributed by atoms with Gasteiger partial charge in [-0.15, -0.1) is 0 Å². The molecule has 1 amide bonds. The van der Waals surface area contributed by atoms with Crippen molar-refractivity contribution in [3.8, 4) is 5.75 Å². The molecule has 0 radical (unpaired) electrons. The molecule has 0 bridgehead atoms. The molecule has 4 rings (SSSR count). The lowest BCUT2D eigenvalue weighted by Crippen LogP contribution is -2.43. The lowest BCUT2D eigenvalue weighted by atomic mass is 9.88. The first-order valence-corrected chi connectivity index (χ1v) is 13.4. The van der Waals surface area contributed by atoms with Crippen molar-refractivity contribution in [2.45, 2.75) is 43.5 Å². The zero-order chi connectivity index (χ0) is 24.8. The maximum absolute atomic E-state index is 13.6. The predicted octanol–water partition coefficient (Wildman–Crippen LogP) is 4.43. The maximum Gasteiger partial charge on any atom is 0.243 e. The second kappa shape index (κ2) is 11.1. The van der Waals surface area contributed by atoms with Crippen molar-refractivity contribution in [3.63, 3.8) is 0 Å². The van der Waals surface area contributed by atoms with Crippen LogP contribution in [0.3, 0.4) is 0 Å². The number of hydrogen-bond acceptors (Lipinski definition) is 4. The molecular weight excluding hydrogens is 460 g/mol. The van der Waals surface area contributed by atoms with Crippen molar-refractivity contribution in [3.05, 3.63) is 95.1 Å². The van der Waals surface area contributed by atoms with Gasteiger partial charge >= 0.3 is 0 Å². The fourth-order valence-corrected chi connectivity index (χ4v) is 6.13. The smallest absolute Gasteiger partial charge is 0.243 e. The van der Waals surface area contributed by atoms with Crippen LogP contribution in [0, 0.1) is 6.92 Å². The molecule has 184 valence electrons. The molecule has 1 atom stereocenters. The van der Waals surface area contributed by atoms with Crippen LogP contribution in [0.5, 0.6) is 5.75 Å². The summed E-state index contributed by atoms with van der Waals surface area (Å²) < 4.78 is 33.8. The number of carbonyl (C=O) groups excluding carboxylic acids is 1. The van der Waals surface area contributed by atoms with E-state index in [1.165, 1.54) is 15.9 Å². The van der Waals surface area contributed by atoms with Gasteiger partial charge in [0.15, 0.2) is 0 Å². The Morgan fingerprint density at radius 1 is 1.06 bits per heavy atom. The van der Waals surface area contributed by atoms with Crippen LogP contribution in [0.2, 0.25) is 0 Å². The second-order valence-electron chi connectivity index (χ2n) is 8.92. The summed E-state index contributed by atoms with van der Waals surface area (Å²) in [6.07, 6.45) is 3.34. The molecule has 0 fully saturated rings. The largest absolute Gasteiger partial charge is 0.496 e. The van der Waals surface area contributed by atoms with Gasteiger partial charge in [-0.25, -0.2) is 8.42 Å². The summed E-state index contributed by atoms with van der Waals surface area (Å²) in [7, 11) is -2.35. The topological polar surface area (TPSA) is 75.7 Å². The zero-order valence-corrected chi connectivity index (χ0v) is 21.1. The molecule has 0 aliphatic heterocycles. The summed E-state index contributed by atoms with van der Waals surface area (Å²) in [4.78, 5) is 13.3. The van der Waals surface area contributed by atoms with E-state index in [0.717, 1.165) is 36.0 Å². The average Bonchev–Trinajstić information content (AvgIpc) is 2.87. The number of amides is 1. The molecule has 3 aromatic rings. The van der Waals surface area contributed by atoms with Crippen molar-refractivity contribution in [2.24, 2.45) is 0 Å². The van der Waals surface area contributed by atoms with E-state index < -0.39 is 10.0 Å². The normalized spacial score (nSPS) is 15.5. The van der Waals surface area contributed by atoms with Gasteiger partial charge in [0.25, 0.3) is 0 Å². The lowest BCUT2D eigenvalue weighted by Gasteiger charge is -2.28. The number of carbonyl (C=O) groups is 1. The molecule has 1 aliphatic rings. The highest BCUT2D eigenvalue weighted by molar-refractivity contribution is 7.89. The molecule has 0 saturated heterocycles. The number of ether oxygens (including phenoxy) is 1. The van der Waals surface area contributed by atoms with E-state index in [9.17, 15) is 13.2 Å². The molecule has 1 N–H and O–H groups in total. The minimum Gasteiger partial charge on any atom is -0.496 e. The number of aryl methyl sites for hydroxylation is 2. The minimum absolute atomic E-state index is 0.102. The van der Waals surface area contributed by atoms with Crippen molar-refractivity contribution in [1.29, 1.82) is 0 Å². The van der Waals surface area contributed by atoms with Crippen molar-refractivity contribution in [1.82, 2.24) is 9.62 Å². The van der Waals surface area contributed by atoms with Gasteiger partial charge < -0.3 is 10.1 Å². The number of sulfonamides is 1. The Kier molecular flexibility index (Phi) is 7.88. The van der Waals surface area contributed by atoms with Gasteiger partial charge in [-0.1, -0.05) is 54.6 Å². The van der Waals surface area contributed by atoms with Crippen LogP contribution >= 0.6 is 0 Å². The standard InChI is InChI=1S/C28H32N2O4S/c1-21-19-24(15-16-27(21)34-2)35(32,33)30(18-17-22-9-4-3-5-10-22)20-28(31)29-26-14-8-12-23-11-6-7-13-25(23)26/h3-7,9-11,13,15-16,19,26H,8,12,14,17-18,20H2,1-2H3,(H,29,31)/t26-/m0/s1. The van der Waals surface area contributed by atoms with Crippen LogP contribution in [0.25, 0.3) is 0 Å². The van der Waals surface area contributed by atoms with Crippen molar-refractivity contribution < 1.29 is 17.9 Å². The molecule has 3 aromatic carbocycles. The highest BCUT2D eigenvalue weighted by atomic mass is 32.2. The summed E-state index contributed by atoms with van der Waals surface area (Å²) in [6, 6.07) is 22.5. The van der Waals surface area contributed by atoms with Crippen LogP contribution in [0.4, 0.5) is 0 Å². The van der Waals surface area contributed by atoms with Crippen molar-refractivity contribution in [2.75, 3.05) is 20.2 Å².